The largest absolute Gasteiger partial charge is 0.394 e. The Morgan fingerprint density at radius 1 is 0.978 bits per heavy atom. The number of aliphatic hydroxyl groups excluding tert-OH is 6. The van der Waals surface area contributed by atoms with Crippen LogP contribution in [0.1, 0.15) is 32.1 Å². The van der Waals surface area contributed by atoms with E-state index in [2.05, 4.69) is 10.3 Å². The first-order chi connectivity index (χ1) is 21.7. The molecule has 2 heterocycles. The number of carbonyl (C=O) groups is 1. The van der Waals surface area contributed by atoms with Crippen LogP contribution in [0.15, 0.2) is 4.99 Å². The van der Waals surface area contributed by atoms with Crippen molar-refractivity contribution >= 4 is 11.7 Å². The summed E-state index contributed by atoms with van der Waals surface area (Å²) in [6.07, 6.45) is -11.1. The predicted octanol–water partition coefficient (Wildman–Crippen LogP) is -7.26. The molecule has 2 aliphatic carbocycles. The van der Waals surface area contributed by atoms with Gasteiger partial charge in [-0.05, 0) is 25.2 Å². The molecule has 0 aromatic carbocycles. The second kappa shape index (κ2) is 15.7. The Hall–Kier alpha value is -1.66. The first-order valence-electron chi connectivity index (χ1n) is 15.6. The first-order valence-corrected chi connectivity index (χ1v) is 15.6. The van der Waals surface area contributed by atoms with E-state index in [1.165, 1.54) is 0 Å². The summed E-state index contributed by atoms with van der Waals surface area (Å²) < 4.78 is 23.8. The van der Waals surface area contributed by atoms with E-state index in [4.69, 9.17) is 52.7 Å². The molecule has 0 amide bonds. The standard InChI is InChI=1S/C27H51N7O12/c28-13-2-1-12(7-33-6-11(37)8-35)43-24(13)46-23-14(29)3-10(4-17(38)27(42)5-16(27)34-26(31)32)22(21(23)41)45-25-20(40)18(30)19(39)15(9-36)44-25/h10-16,18-25,33,35-37,39-42H,1-9,28-30H2,(H4,31,32,34)/t10-,11?,12-,13+,14-,15+,16?,18-,19+,20+,21+,22-,23?,24+,25+,27?/m0/s1. The van der Waals surface area contributed by atoms with Crippen LogP contribution in [0.5, 0.6) is 0 Å². The Labute approximate surface area is 266 Å². The van der Waals surface area contributed by atoms with Crippen molar-refractivity contribution in [2.45, 2.75) is 123 Å². The van der Waals surface area contributed by atoms with E-state index in [1.807, 2.05) is 0 Å². The number of nitrogens with one attached hydrogen (secondary N) is 1. The Morgan fingerprint density at radius 2 is 1.67 bits per heavy atom. The van der Waals surface area contributed by atoms with Crippen LogP contribution in [0.3, 0.4) is 0 Å². The van der Waals surface area contributed by atoms with Gasteiger partial charge in [0.25, 0.3) is 0 Å². The van der Waals surface area contributed by atoms with Crippen LogP contribution >= 0.6 is 0 Å². The number of hydrogen-bond donors (Lipinski definition) is 13. The Balaban J connectivity index is 1.50. The van der Waals surface area contributed by atoms with Crippen molar-refractivity contribution in [2.24, 2.45) is 39.6 Å². The Morgan fingerprint density at radius 3 is 2.33 bits per heavy atom. The van der Waals surface area contributed by atoms with E-state index < -0.39 is 110 Å². The predicted molar refractivity (Wildman–Crippen MR) is 158 cm³/mol. The summed E-state index contributed by atoms with van der Waals surface area (Å²) in [5, 5.41) is 74.8. The van der Waals surface area contributed by atoms with Crippen LogP contribution < -0.4 is 34.0 Å². The van der Waals surface area contributed by atoms with Crippen LogP contribution in [0.2, 0.25) is 0 Å². The van der Waals surface area contributed by atoms with Crippen molar-refractivity contribution in [2.75, 3.05) is 26.3 Å². The SMILES string of the molecule is NC(N)=NC1CC1(O)C(=O)C[C@@H]1C[C@H](N)C(O[C@H]2O[C@H](CNCC(O)CO)CC[C@H]2N)[C@H](O)[C@H]1O[C@H]1O[C@H](CO)[C@@H](O)[C@H](N)[C@H]1O. The third-order valence-corrected chi connectivity index (χ3v) is 9.25. The zero-order valence-electron chi connectivity index (χ0n) is 25.5. The van der Waals surface area contributed by atoms with Crippen molar-refractivity contribution in [3.63, 3.8) is 0 Å². The zero-order chi connectivity index (χ0) is 33.9. The summed E-state index contributed by atoms with van der Waals surface area (Å²) >= 11 is 0. The molecule has 2 saturated heterocycles. The van der Waals surface area contributed by atoms with Crippen LogP contribution in [0.25, 0.3) is 0 Å². The van der Waals surface area contributed by atoms with E-state index in [0.29, 0.717) is 19.4 Å². The molecule has 4 rings (SSSR count). The minimum atomic E-state index is -1.81. The van der Waals surface area contributed by atoms with E-state index in [0.717, 1.165) is 0 Å². The summed E-state index contributed by atoms with van der Waals surface area (Å²) in [5.74, 6) is -1.72. The minimum Gasteiger partial charge on any atom is -0.394 e. The third kappa shape index (κ3) is 8.49. The van der Waals surface area contributed by atoms with Gasteiger partial charge in [-0.1, -0.05) is 0 Å². The average Bonchev–Trinajstić information content (AvgIpc) is 3.67. The highest BCUT2D eigenvalue weighted by molar-refractivity contribution is 5.92. The van der Waals surface area contributed by atoms with Crippen molar-refractivity contribution in [1.29, 1.82) is 0 Å². The van der Waals surface area contributed by atoms with Gasteiger partial charge in [0.15, 0.2) is 24.3 Å². The topological polar surface area (TPSA) is 350 Å². The van der Waals surface area contributed by atoms with E-state index >= 15 is 0 Å². The number of guanidine groups is 1. The summed E-state index contributed by atoms with van der Waals surface area (Å²) in [7, 11) is 0. The summed E-state index contributed by atoms with van der Waals surface area (Å²) in [6.45, 7) is -0.557. The number of ether oxygens (including phenoxy) is 4. The smallest absolute Gasteiger partial charge is 0.186 e. The molecule has 0 bridgehead atoms. The second-order valence-electron chi connectivity index (χ2n) is 12.8. The zero-order valence-corrected chi connectivity index (χ0v) is 25.5. The van der Waals surface area contributed by atoms with Crippen LogP contribution in [-0.2, 0) is 23.7 Å². The molecule has 0 radical (unpaired) electrons. The van der Waals surface area contributed by atoms with Gasteiger partial charge in [0.2, 0.25) is 0 Å². The maximum atomic E-state index is 13.3. The van der Waals surface area contributed by atoms with E-state index in [1.54, 1.807) is 0 Å². The quantitative estimate of drug-likeness (QED) is 0.0605. The number of aliphatic hydroxyl groups is 7. The van der Waals surface area contributed by atoms with Crippen molar-refractivity contribution in [3.05, 3.63) is 0 Å². The van der Waals surface area contributed by atoms with Gasteiger partial charge in [0.05, 0.1) is 49.7 Å². The number of nitrogens with zero attached hydrogens (tertiary/aromatic N) is 1. The van der Waals surface area contributed by atoms with Gasteiger partial charge in [-0.25, -0.2) is 4.99 Å². The lowest BCUT2D eigenvalue weighted by Gasteiger charge is -2.48. The van der Waals surface area contributed by atoms with Crippen LogP contribution in [0.4, 0.5) is 0 Å². The molecule has 0 aromatic rings. The van der Waals surface area contributed by atoms with Gasteiger partial charge in [-0.15, -0.1) is 0 Å². The number of carbonyl (C=O) groups excluding carboxylic acids is 1. The highest BCUT2D eigenvalue weighted by Crippen LogP contribution is 2.43. The van der Waals surface area contributed by atoms with E-state index in [9.17, 15) is 35.4 Å². The lowest BCUT2D eigenvalue weighted by atomic mass is 9.76. The fraction of sp³-hybridized carbons (Fsp3) is 0.926. The maximum absolute atomic E-state index is 13.3. The number of ketones is 1. The van der Waals surface area contributed by atoms with Crippen molar-refractivity contribution in [3.8, 4) is 0 Å². The first kappa shape index (κ1) is 37.2. The number of hydrogen-bond acceptors (Lipinski definition) is 17. The summed E-state index contributed by atoms with van der Waals surface area (Å²) in [6, 6.07) is -3.54. The van der Waals surface area contributed by atoms with Crippen LogP contribution in [-0.4, -0.2) is 165 Å². The Kier molecular flexibility index (Phi) is 12.7. The average molecular weight is 666 g/mol. The van der Waals surface area contributed by atoms with Gasteiger partial charge in [0.1, 0.15) is 36.1 Å². The molecule has 2 aliphatic heterocycles. The number of rotatable bonds is 14. The molecule has 4 fully saturated rings. The highest BCUT2D eigenvalue weighted by atomic mass is 16.7. The molecule has 2 saturated carbocycles. The van der Waals surface area contributed by atoms with Crippen molar-refractivity contribution in [1.82, 2.24) is 5.32 Å². The highest BCUT2D eigenvalue weighted by Gasteiger charge is 2.60. The summed E-state index contributed by atoms with van der Waals surface area (Å²) in [5.41, 5.74) is 27.7. The number of nitrogens with two attached hydrogens (primary N) is 5. The minimum absolute atomic E-state index is 0.00356. The molecule has 0 aromatic heterocycles. The number of Topliss-reactive ketones (excluding diaryl/α,β-unsaturated/α-hetero) is 1. The van der Waals surface area contributed by atoms with Gasteiger partial charge in [0, 0.05) is 32.0 Å². The molecular weight excluding hydrogens is 614 g/mol. The fourth-order valence-electron chi connectivity index (χ4n) is 6.36. The lowest BCUT2D eigenvalue weighted by molar-refractivity contribution is -0.318. The monoisotopic (exact) mass is 665 g/mol. The fourth-order valence-corrected chi connectivity index (χ4v) is 6.36. The molecule has 16 atom stereocenters. The van der Waals surface area contributed by atoms with Crippen molar-refractivity contribution < 1.29 is 59.5 Å². The number of aliphatic imine (C=N–C) groups is 1. The van der Waals surface area contributed by atoms with Gasteiger partial charge in [-0.2, -0.15) is 0 Å². The molecule has 4 unspecified atom stereocenters. The molecule has 19 nitrogen and oxygen atoms in total. The van der Waals surface area contributed by atoms with Crippen LogP contribution in [0, 0.1) is 5.92 Å². The lowest BCUT2D eigenvalue weighted by Crippen LogP contribution is -2.66. The molecule has 4 aliphatic rings. The second-order valence-corrected chi connectivity index (χ2v) is 12.8. The normalized spacial score (nSPS) is 45.2. The molecule has 18 N–H and O–H groups in total. The molecular formula is C27H51N7O12. The Bertz CT molecular complexity index is 1040. The van der Waals surface area contributed by atoms with Gasteiger partial charge >= 0.3 is 0 Å². The molecule has 19 heteroatoms. The van der Waals surface area contributed by atoms with Gasteiger partial charge < -0.3 is 88.7 Å². The molecule has 46 heavy (non-hydrogen) atoms. The molecule has 0 spiro atoms. The molecule has 266 valence electrons. The summed E-state index contributed by atoms with van der Waals surface area (Å²) in [4.78, 5) is 17.1. The van der Waals surface area contributed by atoms with Gasteiger partial charge in [-0.3, -0.25) is 4.79 Å². The van der Waals surface area contributed by atoms with E-state index in [-0.39, 0.29) is 37.9 Å². The third-order valence-electron chi connectivity index (χ3n) is 9.25. The maximum Gasteiger partial charge on any atom is 0.186 e.